The second-order valence-corrected chi connectivity index (χ2v) is 3.69. The van der Waals surface area contributed by atoms with Crippen molar-refractivity contribution in [2.45, 2.75) is 52.1 Å². The first-order chi connectivity index (χ1) is 5.04. The van der Waals surface area contributed by atoms with Gasteiger partial charge in [-0.05, 0) is 19.8 Å². The molecule has 2 heteroatoms. The number of aliphatic hydroxyl groups is 1. The van der Waals surface area contributed by atoms with Crippen molar-refractivity contribution in [1.82, 2.24) is 5.32 Å². The zero-order valence-corrected chi connectivity index (χ0v) is 8.15. The molecular weight excluding hydrogens is 138 g/mol. The van der Waals surface area contributed by atoms with Crippen LogP contribution in [0.1, 0.15) is 40.5 Å². The Labute approximate surface area is 70.0 Å². The molecule has 0 saturated carbocycles. The van der Waals surface area contributed by atoms with E-state index in [0.717, 1.165) is 12.8 Å². The summed E-state index contributed by atoms with van der Waals surface area (Å²) < 4.78 is 0. The topological polar surface area (TPSA) is 32.3 Å². The van der Waals surface area contributed by atoms with Gasteiger partial charge in [0.05, 0.1) is 0 Å². The molecule has 0 fully saturated rings. The third-order valence-corrected chi connectivity index (χ3v) is 2.08. The van der Waals surface area contributed by atoms with Crippen LogP contribution in [-0.4, -0.2) is 23.3 Å². The molecule has 0 aromatic carbocycles. The van der Waals surface area contributed by atoms with E-state index >= 15 is 0 Å². The molecule has 0 amide bonds. The number of nitrogens with one attached hydrogen (secondary N) is 1. The first kappa shape index (κ1) is 10.9. The number of rotatable bonds is 5. The van der Waals surface area contributed by atoms with Crippen molar-refractivity contribution in [2.24, 2.45) is 0 Å². The Kier molecular flexibility index (Phi) is 4.69. The molecule has 0 aromatic heterocycles. The van der Waals surface area contributed by atoms with Gasteiger partial charge in [-0.3, -0.25) is 0 Å². The summed E-state index contributed by atoms with van der Waals surface area (Å²) in [4.78, 5) is 0. The van der Waals surface area contributed by atoms with Gasteiger partial charge in [0.15, 0.2) is 0 Å². The Balaban J connectivity index is 3.87. The van der Waals surface area contributed by atoms with Crippen LogP contribution in [-0.2, 0) is 0 Å². The van der Waals surface area contributed by atoms with Crippen LogP contribution in [0.25, 0.3) is 0 Å². The minimum absolute atomic E-state index is 0.114. The molecule has 0 radical (unpaired) electrons. The summed E-state index contributed by atoms with van der Waals surface area (Å²) in [6.07, 6.45) is 1.90. The fourth-order valence-electron chi connectivity index (χ4n) is 1.29. The smallest absolute Gasteiger partial charge is 0.0448 e. The van der Waals surface area contributed by atoms with Crippen molar-refractivity contribution in [2.75, 3.05) is 6.61 Å². The van der Waals surface area contributed by atoms with Gasteiger partial charge >= 0.3 is 0 Å². The second kappa shape index (κ2) is 4.73. The summed E-state index contributed by atoms with van der Waals surface area (Å²) >= 11 is 0. The highest BCUT2D eigenvalue weighted by molar-refractivity contribution is 4.82. The highest BCUT2D eigenvalue weighted by atomic mass is 16.3. The zero-order chi connectivity index (χ0) is 8.91. The van der Waals surface area contributed by atoms with Gasteiger partial charge in [-0.15, -0.1) is 0 Å². The first-order valence-corrected chi connectivity index (χ1v) is 4.42. The zero-order valence-electron chi connectivity index (χ0n) is 8.15. The highest BCUT2D eigenvalue weighted by Crippen LogP contribution is 2.14. The van der Waals surface area contributed by atoms with Crippen LogP contribution in [0.2, 0.25) is 0 Å². The molecular formula is C9H21NO. The monoisotopic (exact) mass is 159 g/mol. The van der Waals surface area contributed by atoms with Crippen molar-refractivity contribution in [3.63, 3.8) is 0 Å². The minimum atomic E-state index is 0.114. The van der Waals surface area contributed by atoms with Gasteiger partial charge in [0.2, 0.25) is 0 Å². The summed E-state index contributed by atoms with van der Waals surface area (Å²) in [5, 5.41) is 12.3. The Bertz CT molecular complexity index is 104. The van der Waals surface area contributed by atoms with Crippen LogP contribution >= 0.6 is 0 Å². The number of aliphatic hydroxyl groups excluding tert-OH is 1. The third-order valence-electron chi connectivity index (χ3n) is 2.08. The molecule has 0 saturated heterocycles. The second-order valence-electron chi connectivity index (χ2n) is 3.69. The van der Waals surface area contributed by atoms with Gasteiger partial charge < -0.3 is 10.4 Å². The molecule has 0 rings (SSSR count). The van der Waals surface area contributed by atoms with Gasteiger partial charge in [-0.25, -0.2) is 0 Å². The molecule has 0 spiro atoms. The molecule has 0 heterocycles. The molecule has 2 N–H and O–H groups in total. The Morgan fingerprint density at radius 2 is 2.00 bits per heavy atom. The highest BCUT2D eigenvalue weighted by Gasteiger charge is 2.20. The lowest BCUT2D eigenvalue weighted by Crippen LogP contribution is -2.46. The van der Waals surface area contributed by atoms with Crippen LogP contribution < -0.4 is 5.32 Å². The summed E-state index contributed by atoms with van der Waals surface area (Å²) in [7, 11) is 0. The van der Waals surface area contributed by atoms with Crippen LogP contribution in [0.3, 0.4) is 0 Å². The Hall–Kier alpha value is -0.0800. The van der Waals surface area contributed by atoms with E-state index in [1.54, 1.807) is 0 Å². The fraction of sp³-hybridized carbons (Fsp3) is 1.00. The maximum atomic E-state index is 8.81. The van der Waals surface area contributed by atoms with E-state index in [1.165, 1.54) is 0 Å². The molecule has 0 bridgehead atoms. The predicted octanol–water partition coefficient (Wildman–Crippen LogP) is 1.54. The van der Waals surface area contributed by atoms with E-state index in [2.05, 4.69) is 33.0 Å². The fourth-order valence-corrected chi connectivity index (χ4v) is 1.29. The Morgan fingerprint density at radius 1 is 1.45 bits per heavy atom. The van der Waals surface area contributed by atoms with Crippen molar-refractivity contribution in [1.29, 1.82) is 0 Å². The number of hydrogen-bond acceptors (Lipinski definition) is 2. The summed E-state index contributed by atoms with van der Waals surface area (Å²) in [5.41, 5.74) is 0.114. The SMILES string of the molecule is CCC(C)(CCO)NC(C)C. The lowest BCUT2D eigenvalue weighted by molar-refractivity contribution is 0.207. The van der Waals surface area contributed by atoms with Gasteiger partial charge in [0, 0.05) is 18.2 Å². The minimum Gasteiger partial charge on any atom is -0.396 e. The van der Waals surface area contributed by atoms with Gasteiger partial charge in [0.1, 0.15) is 0 Å². The standard InChI is InChI=1S/C9H21NO/c1-5-9(4,6-7-11)10-8(2)3/h8,10-11H,5-7H2,1-4H3. The summed E-state index contributed by atoms with van der Waals surface area (Å²) in [6, 6.07) is 0.492. The Morgan fingerprint density at radius 3 is 2.27 bits per heavy atom. The predicted molar refractivity (Wildman–Crippen MR) is 48.7 cm³/mol. The third kappa shape index (κ3) is 4.38. The summed E-state index contributed by atoms with van der Waals surface area (Å²) in [5.74, 6) is 0. The van der Waals surface area contributed by atoms with Crippen LogP contribution in [0, 0.1) is 0 Å². The van der Waals surface area contributed by atoms with Gasteiger partial charge in [-0.1, -0.05) is 20.8 Å². The van der Waals surface area contributed by atoms with E-state index in [9.17, 15) is 0 Å². The molecule has 11 heavy (non-hydrogen) atoms. The van der Waals surface area contributed by atoms with E-state index < -0.39 is 0 Å². The van der Waals surface area contributed by atoms with Gasteiger partial charge in [0.25, 0.3) is 0 Å². The van der Waals surface area contributed by atoms with Crippen molar-refractivity contribution in [3.8, 4) is 0 Å². The van der Waals surface area contributed by atoms with E-state index in [1.807, 2.05) is 0 Å². The van der Waals surface area contributed by atoms with E-state index in [4.69, 9.17) is 5.11 Å². The largest absolute Gasteiger partial charge is 0.396 e. The quantitative estimate of drug-likeness (QED) is 0.637. The van der Waals surface area contributed by atoms with Crippen molar-refractivity contribution < 1.29 is 5.11 Å². The van der Waals surface area contributed by atoms with Crippen molar-refractivity contribution in [3.05, 3.63) is 0 Å². The molecule has 1 atom stereocenters. The lowest BCUT2D eigenvalue weighted by Gasteiger charge is -2.31. The van der Waals surface area contributed by atoms with Crippen LogP contribution in [0.4, 0.5) is 0 Å². The lowest BCUT2D eigenvalue weighted by atomic mass is 9.94. The van der Waals surface area contributed by atoms with E-state index in [-0.39, 0.29) is 12.1 Å². The molecule has 2 nitrogen and oxygen atoms in total. The van der Waals surface area contributed by atoms with Gasteiger partial charge in [-0.2, -0.15) is 0 Å². The maximum Gasteiger partial charge on any atom is 0.0448 e. The van der Waals surface area contributed by atoms with Crippen molar-refractivity contribution >= 4 is 0 Å². The molecule has 0 aliphatic carbocycles. The average molecular weight is 159 g/mol. The molecule has 0 aliphatic heterocycles. The maximum absolute atomic E-state index is 8.81. The van der Waals surface area contributed by atoms with Crippen LogP contribution in [0.15, 0.2) is 0 Å². The molecule has 68 valence electrons. The first-order valence-electron chi connectivity index (χ1n) is 4.42. The molecule has 0 aromatic rings. The number of hydrogen-bond donors (Lipinski definition) is 2. The average Bonchev–Trinajstić information content (AvgIpc) is 1.87. The molecule has 1 unspecified atom stereocenters. The summed E-state index contributed by atoms with van der Waals surface area (Å²) in [6.45, 7) is 8.83. The molecule has 0 aliphatic rings. The van der Waals surface area contributed by atoms with E-state index in [0.29, 0.717) is 6.04 Å². The van der Waals surface area contributed by atoms with Crippen LogP contribution in [0.5, 0.6) is 0 Å². The normalized spacial score (nSPS) is 16.9.